The molecule has 1 aromatic heterocycles. The molecule has 3 aromatic rings. The summed E-state index contributed by atoms with van der Waals surface area (Å²) in [6.07, 6.45) is 0. The number of ether oxygens (including phenoxy) is 3. The van der Waals surface area contributed by atoms with Gasteiger partial charge in [0.25, 0.3) is 0 Å². The maximum atomic E-state index is 5.77. The first-order valence-corrected chi connectivity index (χ1v) is 9.71. The lowest BCUT2D eigenvalue weighted by atomic mass is 10.2. The summed E-state index contributed by atoms with van der Waals surface area (Å²) in [6.45, 7) is 4.62. The largest absolute Gasteiger partial charge is 0.497 e. The van der Waals surface area contributed by atoms with Gasteiger partial charge in [0, 0.05) is 18.5 Å². The van der Waals surface area contributed by atoms with Gasteiger partial charge < -0.3 is 19.5 Å². The second kappa shape index (κ2) is 9.94. The minimum atomic E-state index is 0.494. The van der Waals surface area contributed by atoms with E-state index in [1.807, 2.05) is 48.5 Å². The van der Waals surface area contributed by atoms with Gasteiger partial charge in [-0.25, -0.2) is 4.98 Å². The third-order valence-corrected chi connectivity index (χ3v) is 4.77. The topological polar surface area (TPSA) is 52.6 Å². The van der Waals surface area contributed by atoms with E-state index in [-0.39, 0.29) is 0 Å². The molecule has 1 heterocycles. The number of methoxy groups -OCH3 is 1. The van der Waals surface area contributed by atoms with Crippen LogP contribution in [0.3, 0.4) is 0 Å². The van der Waals surface area contributed by atoms with Crippen molar-refractivity contribution in [3.63, 3.8) is 0 Å². The quantitative estimate of drug-likeness (QED) is 0.531. The highest BCUT2D eigenvalue weighted by Crippen LogP contribution is 2.17. The molecule has 0 saturated carbocycles. The van der Waals surface area contributed by atoms with Crippen LogP contribution in [0.15, 0.2) is 53.9 Å². The van der Waals surface area contributed by atoms with Crippen LogP contribution in [0.5, 0.6) is 17.2 Å². The minimum Gasteiger partial charge on any atom is -0.497 e. The van der Waals surface area contributed by atoms with Crippen LogP contribution in [-0.4, -0.2) is 25.2 Å². The number of nitrogens with zero attached hydrogens (tertiary/aromatic N) is 1. The number of benzene rings is 2. The zero-order valence-corrected chi connectivity index (χ0v) is 16.4. The Morgan fingerprint density at radius 3 is 2.33 bits per heavy atom. The lowest BCUT2D eigenvalue weighted by molar-refractivity contribution is 0.304. The predicted octanol–water partition coefficient (Wildman–Crippen LogP) is 4.21. The SMILES string of the molecule is COc1ccc(OCCNCc2csc(COc3ccc(C)cc3)n2)cc1. The monoisotopic (exact) mass is 384 g/mol. The molecule has 0 aliphatic rings. The Morgan fingerprint density at radius 1 is 0.926 bits per heavy atom. The summed E-state index contributed by atoms with van der Waals surface area (Å²) in [6, 6.07) is 15.6. The van der Waals surface area contributed by atoms with E-state index in [1.165, 1.54) is 5.56 Å². The number of aryl methyl sites for hydroxylation is 1. The van der Waals surface area contributed by atoms with Crippen molar-refractivity contribution in [2.24, 2.45) is 0 Å². The van der Waals surface area contributed by atoms with Crippen molar-refractivity contribution in [2.45, 2.75) is 20.1 Å². The lowest BCUT2D eigenvalue weighted by Gasteiger charge is -2.07. The summed E-state index contributed by atoms with van der Waals surface area (Å²) in [5.74, 6) is 2.53. The fraction of sp³-hybridized carbons (Fsp3) is 0.286. The maximum absolute atomic E-state index is 5.77. The predicted molar refractivity (Wildman–Crippen MR) is 108 cm³/mol. The molecule has 27 heavy (non-hydrogen) atoms. The number of nitrogens with one attached hydrogen (secondary N) is 1. The smallest absolute Gasteiger partial charge is 0.140 e. The van der Waals surface area contributed by atoms with Crippen LogP contribution in [0.25, 0.3) is 0 Å². The first-order chi connectivity index (χ1) is 13.2. The normalized spacial score (nSPS) is 10.6. The van der Waals surface area contributed by atoms with Crippen molar-refractivity contribution in [1.29, 1.82) is 0 Å². The molecule has 0 amide bonds. The zero-order chi connectivity index (χ0) is 18.9. The van der Waals surface area contributed by atoms with Crippen LogP contribution >= 0.6 is 11.3 Å². The molecule has 0 spiro atoms. The summed E-state index contributed by atoms with van der Waals surface area (Å²) in [5, 5.41) is 6.38. The molecule has 142 valence electrons. The van der Waals surface area contributed by atoms with E-state index < -0.39 is 0 Å². The average Bonchev–Trinajstić information content (AvgIpc) is 3.15. The molecule has 0 aliphatic heterocycles. The van der Waals surface area contributed by atoms with Gasteiger partial charge in [-0.3, -0.25) is 0 Å². The van der Waals surface area contributed by atoms with Crippen LogP contribution in [-0.2, 0) is 13.2 Å². The van der Waals surface area contributed by atoms with Crippen molar-refractivity contribution in [3.05, 3.63) is 70.2 Å². The van der Waals surface area contributed by atoms with Gasteiger partial charge in [0.15, 0.2) is 0 Å². The highest BCUT2D eigenvalue weighted by atomic mass is 32.1. The third-order valence-electron chi connectivity index (χ3n) is 3.90. The van der Waals surface area contributed by atoms with E-state index in [0.717, 1.165) is 34.5 Å². The second-order valence-electron chi connectivity index (χ2n) is 6.04. The van der Waals surface area contributed by atoms with Crippen LogP contribution < -0.4 is 19.5 Å². The molecule has 2 aromatic carbocycles. The van der Waals surface area contributed by atoms with E-state index in [2.05, 4.69) is 22.6 Å². The van der Waals surface area contributed by atoms with E-state index in [0.29, 0.717) is 19.8 Å². The number of rotatable bonds is 10. The van der Waals surface area contributed by atoms with Crippen LogP contribution in [0.1, 0.15) is 16.3 Å². The van der Waals surface area contributed by atoms with Gasteiger partial charge in [-0.1, -0.05) is 17.7 Å². The van der Waals surface area contributed by atoms with Gasteiger partial charge in [0.05, 0.1) is 12.8 Å². The lowest BCUT2D eigenvalue weighted by Crippen LogP contribution is -2.20. The summed E-state index contributed by atoms with van der Waals surface area (Å²) < 4.78 is 16.6. The first-order valence-electron chi connectivity index (χ1n) is 8.83. The zero-order valence-electron chi connectivity index (χ0n) is 15.6. The molecule has 0 fully saturated rings. The number of aromatic nitrogens is 1. The molecule has 0 bridgehead atoms. The van der Waals surface area contributed by atoms with Crippen molar-refractivity contribution in [2.75, 3.05) is 20.3 Å². The van der Waals surface area contributed by atoms with Crippen LogP contribution in [0, 0.1) is 6.92 Å². The second-order valence-corrected chi connectivity index (χ2v) is 6.98. The van der Waals surface area contributed by atoms with Crippen LogP contribution in [0.4, 0.5) is 0 Å². The molecular weight excluding hydrogens is 360 g/mol. The molecule has 6 heteroatoms. The van der Waals surface area contributed by atoms with E-state index in [9.17, 15) is 0 Å². The van der Waals surface area contributed by atoms with Gasteiger partial charge in [0.2, 0.25) is 0 Å². The molecule has 0 aliphatic carbocycles. The van der Waals surface area contributed by atoms with Gasteiger partial charge in [0.1, 0.15) is 35.5 Å². The fourth-order valence-electron chi connectivity index (χ4n) is 2.41. The Kier molecular flexibility index (Phi) is 7.07. The van der Waals surface area contributed by atoms with Gasteiger partial charge in [-0.05, 0) is 43.3 Å². The Balaban J connectivity index is 1.33. The molecule has 0 atom stereocenters. The number of thiazole rings is 1. The number of hydrogen-bond acceptors (Lipinski definition) is 6. The molecule has 0 saturated heterocycles. The minimum absolute atomic E-state index is 0.494. The first kappa shape index (κ1) is 19.2. The summed E-state index contributed by atoms with van der Waals surface area (Å²) in [4.78, 5) is 4.59. The van der Waals surface area contributed by atoms with E-state index in [4.69, 9.17) is 14.2 Å². The molecule has 5 nitrogen and oxygen atoms in total. The van der Waals surface area contributed by atoms with Gasteiger partial charge in [-0.2, -0.15) is 0 Å². The maximum Gasteiger partial charge on any atom is 0.140 e. The summed E-state index contributed by atoms with van der Waals surface area (Å²) in [7, 11) is 1.65. The molecule has 1 N–H and O–H groups in total. The Labute approximate surface area is 163 Å². The average molecular weight is 385 g/mol. The summed E-state index contributed by atoms with van der Waals surface area (Å²) >= 11 is 1.62. The Morgan fingerprint density at radius 2 is 1.59 bits per heavy atom. The third kappa shape index (κ3) is 6.27. The van der Waals surface area contributed by atoms with Crippen molar-refractivity contribution in [1.82, 2.24) is 10.3 Å². The van der Waals surface area contributed by atoms with Gasteiger partial charge in [-0.15, -0.1) is 11.3 Å². The van der Waals surface area contributed by atoms with Crippen molar-refractivity contribution < 1.29 is 14.2 Å². The fourth-order valence-corrected chi connectivity index (χ4v) is 3.11. The van der Waals surface area contributed by atoms with Gasteiger partial charge >= 0.3 is 0 Å². The van der Waals surface area contributed by atoms with Crippen molar-refractivity contribution >= 4 is 11.3 Å². The summed E-state index contributed by atoms with van der Waals surface area (Å²) in [5.41, 5.74) is 2.24. The molecule has 0 unspecified atom stereocenters. The standard InChI is InChI=1S/C21H24N2O3S/c1-16-3-5-20(6-4-16)26-14-21-23-17(15-27-21)13-22-11-12-25-19-9-7-18(24-2)8-10-19/h3-10,15,22H,11-14H2,1-2H3. The van der Waals surface area contributed by atoms with Crippen LogP contribution in [0.2, 0.25) is 0 Å². The van der Waals surface area contributed by atoms with Crippen molar-refractivity contribution in [3.8, 4) is 17.2 Å². The Hall–Kier alpha value is -2.57. The molecule has 3 rings (SSSR count). The van der Waals surface area contributed by atoms with E-state index >= 15 is 0 Å². The molecule has 0 radical (unpaired) electrons. The highest BCUT2D eigenvalue weighted by molar-refractivity contribution is 7.09. The Bertz CT molecular complexity index is 816. The van der Waals surface area contributed by atoms with E-state index in [1.54, 1.807) is 18.4 Å². The molecular formula is C21H24N2O3S. The number of hydrogen-bond donors (Lipinski definition) is 1. The highest BCUT2D eigenvalue weighted by Gasteiger charge is 2.03.